The zero-order valence-corrected chi connectivity index (χ0v) is 18.1. The van der Waals surface area contributed by atoms with E-state index in [0.717, 1.165) is 5.56 Å². The van der Waals surface area contributed by atoms with Crippen LogP contribution in [0, 0.1) is 5.82 Å². The number of benzene rings is 3. The average molecular weight is 455 g/mol. The molecule has 166 valence electrons. The second-order valence-corrected chi connectivity index (χ2v) is 9.48. The van der Waals surface area contributed by atoms with Crippen LogP contribution in [0.4, 0.5) is 10.1 Å². The topological polar surface area (TPSA) is 75.7 Å². The summed E-state index contributed by atoms with van der Waals surface area (Å²) in [7, 11) is -3.28. The molecule has 4 rings (SSSR count). The third-order valence-corrected chi connectivity index (χ3v) is 7.14. The van der Waals surface area contributed by atoms with Gasteiger partial charge in [-0.3, -0.25) is 9.10 Å². The number of carbonyl (C=O) groups is 1. The van der Waals surface area contributed by atoms with E-state index in [4.69, 9.17) is 4.74 Å². The Morgan fingerprint density at radius 1 is 1.00 bits per heavy atom. The average Bonchev–Trinajstić information content (AvgIpc) is 3.17. The van der Waals surface area contributed by atoms with Crippen LogP contribution in [0.5, 0.6) is 5.75 Å². The van der Waals surface area contributed by atoms with Crippen LogP contribution in [-0.4, -0.2) is 33.2 Å². The molecule has 1 N–H and O–H groups in total. The molecule has 1 aliphatic rings. The summed E-state index contributed by atoms with van der Waals surface area (Å²) in [4.78, 5) is 12.9. The van der Waals surface area contributed by atoms with Gasteiger partial charge in [-0.2, -0.15) is 0 Å². The molecule has 1 aliphatic heterocycles. The Balaban J connectivity index is 1.49. The second-order valence-electron chi connectivity index (χ2n) is 7.47. The number of hydrogen-bond acceptors (Lipinski definition) is 4. The molecular weight excluding hydrogens is 431 g/mol. The number of ether oxygens (including phenoxy) is 1. The van der Waals surface area contributed by atoms with Gasteiger partial charge < -0.3 is 10.1 Å². The zero-order chi connectivity index (χ0) is 22.6. The molecule has 3 aromatic carbocycles. The smallest absolute Gasteiger partial charge is 0.251 e. The first-order valence-corrected chi connectivity index (χ1v) is 11.9. The number of para-hydroxylation sites is 1. The molecule has 8 heteroatoms. The molecule has 6 nitrogen and oxygen atoms in total. The molecule has 1 atom stereocenters. The molecule has 0 radical (unpaired) electrons. The van der Waals surface area contributed by atoms with Crippen LogP contribution >= 0.6 is 0 Å². The van der Waals surface area contributed by atoms with E-state index in [1.807, 2.05) is 30.3 Å². The number of hydrogen-bond donors (Lipinski definition) is 1. The molecule has 0 bridgehead atoms. The van der Waals surface area contributed by atoms with Crippen molar-refractivity contribution in [2.24, 2.45) is 0 Å². The predicted molar refractivity (Wildman–Crippen MR) is 121 cm³/mol. The lowest BCUT2D eigenvalue weighted by Gasteiger charge is -2.21. The summed E-state index contributed by atoms with van der Waals surface area (Å²) in [5.41, 5.74) is 1.75. The van der Waals surface area contributed by atoms with Gasteiger partial charge in [-0.15, -0.1) is 0 Å². The van der Waals surface area contributed by atoms with E-state index >= 15 is 0 Å². The Kier molecular flexibility index (Phi) is 6.41. The molecule has 1 amide bonds. The van der Waals surface area contributed by atoms with Crippen molar-refractivity contribution < 1.29 is 22.3 Å². The molecule has 1 heterocycles. The quantitative estimate of drug-likeness (QED) is 0.587. The van der Waals surface area contributed by atoms with Crippen LogP contribution in [0.1, 0.15) is 28.4 Å². The summed E-state index contributed by atoms with van der Waals surface area (Å²) in [5.74, 6) is -0.570. The van der Waals surface area contributed by atoms with Gasteiger partial charge in [-0.25, -0.2) is 12.8 Å². The first-order chi connectivity index (χ1) is 15.4. The van der Waals surface area contributed by atoms with Crippen LogP contribution in [0.25, 0.3) is 0 Å². The Labute approximate surface area is 186 Å². The van der Waals surface area contributed by atoms with Gasteiger partial charge in [-0.1, -0.05) is 42.5 Å². The van der Waals surface area contributed by atoms with Gasteiger partial charge in [0.2, 0.25) is 10.0 Å². The number of halogens is 1. The van der Waals surface area contributed by atoms with E-state index in [-0.39, 0.29) is 24.0 Å². The van der Waals surface area contributed by atoms with Crippen molar-refractivity contribution in [1.82, 2.24) is 5.32 Å². The molecule has 3 aromatic rings. The first-order valence-electron chi connectivity index (χ1n) is 10.3. The van der Waals surface area contributed by atoms with Gasteiger partial charge in [0.1, 0.15) is 6.61 Å². The first kappa shape index (κ1) is 21.8. The van der Waals surface area contributed by atoms with Crippen molar-refractivity contribution in [3.63, 3.8) is 0 Å². The summed E-state index contributed by atoms with van der Waals surface area (Å²) in [6.45, 7) is 0.484. The fraction of sp³-hybridized carbons (Fsp3) is 0.208. The summed E-state index contributed by atoms with van der Waals surface area (Å²) in [6.07, 6.45) is 0.589. The minimum Gasteiger partial charge on any atom is -0.488 e. The number of amides is 1. The van der Waals surface area contributed by atoms with Gasteiger partial charge >= 0.3 is 0 Å². The summed E-state index contributed by atoms with van der Waals surface area (Å²) in [6, 6.07) is 21.3. The number of nitrogens with zero attached hydrogens (tertiary/aromatic N) is 1. The van der Waals surface area contributed by atoms with Gasteiger partial charge in [0.15, 0.2) is 11.6 Å². The van der Waals surface area contributed by atoms with E-state index in [2.05, 4.69) is 5.32 Å². The molecule has 0 aliphatic carbocycles. The lowest BCUT2D eigenvalue weighted by molar-refractivity contribution is 0.0920. The number of nitrogens with one attached hydrogen (secondary N) is 1. The monoisotopic (exact) mass is 454 g/mol. The van der Waals surface area contributed by atoms with Crippen molar-refractivity contribution in [3.05, 3.63) is 95.8 Å². The minimum atomic E-state index is -3.28. The van der Waals surface area contributed by atoms with Crippen molar-refractivity contribution in [3.8, 4) is 5.75 Å². The zero-order valence-electron chi connectivity index (χ0n) is 17.3. The Morgan fingerprint density at radius 3 is 2.34 bits per heavy atom. The third-order valence-electron chi connectivity index (χ3n) is 5.27. The number of sulfonamides is 1. The van der Waals surface area contributed by atoms with Crippen molar-refractivity contribution in [1.29, 1.82) is 0 Å². The van der Waals surface area contributed by atoms with E-state index in [1.54, 1.807) is 36.4 Å². The Morgan fingerprint density at radius 2 is 1.69 bits per heavy atom. The van der Waals surface area contributed by atoms with Crippen LogP contribution in [0.3, 0.4) is 0 Å². The molecule has 32 heavy (non-hydrogen) atoms. The molecular formula is C24H23FN2O4S. The van der Waals surface area contributed by atoms with Crippen LogP contribution < -0.4 is 14.4 Å². The molecule has 1 saturated heterocycles. The Bertz CT molecular complexity index is 1180. The van der Waals surface area contributed by atoms with Crippen molar-refractivity contribution >= 4 is 21.6 Å². The van der Waals surface area contributed by atoms with Crippen LogP contribution in [-0.2, 0) is 10.0 Å². The summed E-state index contributed by atoms with van der Waals surface area (Å²) in [5, 5.41) is 2.93. The SMILES string of the molecule is O=C(NC(COc1ccccc1F)c1ccccc1)c1ccc(N2CCCS2(=O)=O)cc1. The molecule has 0 spiro atoms. The number of carbonyl (C=O) groups excluding carboxylic acids is 1. The van der Waals surface area contributed by atoms with Gasteiger partial charge in [0.05, 0.1) is 17.5 Å². The molecule has 1 fully saturated rings. The molecule has 0 saturated carbocycles. The number of rotatable bonds is 7. The maximum Gasteiger partial charge on any atom is 0.251 e. The summed E-state index contributed by atoms with van der Waals surface area (Å²) < 4.78 is 45.1. The van der Waals surface area contributed by atoms with E-state index < -0.39 is 21.9 Å². The molecule has 1 unspecified atom stereocenters. The normalized spacial score (nSPS) is 15.8. The minimum absolute atomic E-state index is 0.0425. The Hall–Kier alpha value is -3.39. The van der Waals surface area contributed by atoms with Gasteiger partial charge in [0, 0.05) is 12.1 Å². The largest absolute Gasteiger partial charge is 0.488 e. The highest BCUT2D eigenvalue weighted by atomic mass is 32.2. The standard InChI is InChI=1S/C24H23FN2O4S/c25-21-9-4-5-10-23(21)31-17-22(18-7-2-1-3-8-18)26-24(28)19-11-13-20(14-12-19)27-15-6-16-32(27,29)30/h1-5,7-14,22H,6,15-17H2,(H,26,28). The van der Waals surface area contributed by atoms with E-state index in [0.29, 0.717) is 24.2 Å². The van der Waals surface area contributed by atoms with Crippen molar-refractivity contribution in [2.75, 3.05) is 23.2 Å². The van der Waals surface area contributed by atoms with Gasteiger partial charge in [-0.05, 0) is 48.4 Å². The lowest BCUT2D eigenvalue weighted by atomic mass is 10.1. The number of anilines is 1. The highest BCUT2D eigenvalue weighted by Crippen LogP contribution is 2.25. The van der Waals surface area contributed by atoms with Crippen molar-refractivity contribution in [2.45, 2.75) is 12.5 Å². The highest BCUT2D eigenvalue weighted by molar-refractivity contribution is 7.93. The highest BCUT2D eigenvalue weighted by Gasteiger charge is 2.28. The predicted octanol–water partition coefficient (Wildman–Crippen LogP) is 3.92. The maximum absolute atomic E-state index is 13.9. The third kappa shape index (κ3) is 4.91. The fourth-order valence-electron chi connectivity index (χ4n) is 3.59. The van der Waals surface area contributed by atoms with Gasteiger partial charge in [0.25, 0.3) is 5.91 Å². The summed E-state index contributed by atoms with van der Waals surface area (Å²) >= 11 is 0. The van der Waals surface area contributed by atoms with Crippen LogP contribution in [0.2, 0.25) is 0 Å². The maximum atomic E-state index is 13.9. The van der Waals surface area contributed by atoms with E-state index in [1.165, 1.54) is 16.4 Å². The molecule has 0 aromatic heterocycles. The van der Waals surface area contributed by atoms with E-state index in [9.17, 15) is 17.6 Å². The second kappa shape index (κ2) is 9.40. The van der Waals surface area contributed by atoms with Crippen LogP contribution in [0.15, 0.2) is 78.9 Å². The lowest BCUT2D eigenvalue weighted by Crippen LogP contribution is -2.32. The fourth-order valence-corrected chi connectivity index (χ4v) is 5.16.